The smallest absolute Gasteiger partial charge is 0.422 e. The van der Waals surface area contributed by atoms with E-state index in [4.69, 9.17) is 10.5 Å². The van der Waals surface area contributed by atoms with Gasteiger partial charge in [0, 0.05) is 32.5 Å². The minimum Gasteiger partial charge on any atom is -0.468 e. The van der Waals surface area contributed by atoms with Gasteiger partial charge < -0.3 is 20.5 Å². The van der Waals surface area contributed by atoms with E-state index in [0.717, 1.165) is 0 Å². The predicted molar refractivity (Wildman–Crippen MR) is 72.1 cm³/mol. The Labute approximate surface area is 125 Å². The summed E-state index contributed by atoms with van der Waals surface area (Å²) in [5.41, 5.74) is 5.98. The number of nitrogens with one attached hydrogen (secondary N) is 1. The van der Waals surface area contributed by atoms with Gasteiger partial charge in [0.1, 0.15) is 0 Å². The summed E-state index contributed by atoms with van der Waals surface area (Å²) in [6.45, 7) is -1.05. The van der Waals surface area contributed by atoms with Crippen LogP contribution < -0.4 is 15.8 Å². The van der Waals surface area contributed by atoms with Crippen molar-refractivity contribution in [3.05, 3.63) is 23.9 Å². The summed E-state index contributed by atoms with van der Waals surface area (Å²) in [4.78, 5) is 15.3. The molecular weight excluding hydrogens is 303 g/mol. The molecule has 22 heavy (non-hydrogen) atoms. The number of amides is 1. The van der Waals surface area contributed by atoms with Gasteiger partial charge in [-0.1, -0.05) is 0 Å². The third-order valence-corrected chi connectivity index (χ3v) is 2.68. The molecule has 1 atom stereocenters. The first kappa shape index (κ1) is 18.2. The molecule has 0 spiro atoms. The Morgan fingerprint density at radius 2 is 2.23 bits per heavy atom. The molecule has 1 amide bonds. The molecule has 1 aromatic heterocycles. The van der Waals surface area contributed by atoms with Crippen LogP contribution in [0.4, 0.5) is 13.2 Å². The monoisotopic (exact) mass is 321 g/mol. The van der Waals surface area contributed by atoms with E-state index in [1.54, 1.807) is 6.07 Å². The Morgan fingerprint density at radius 3 is 2.82 bits per heavy atom. The first-order chi connectivity index (χ1) is 10.3. The van der Waals surface area contributed by atoms with Crippen molar-refractivity contribution in [3.8, 4) is 5.88 Å². The highest BCUT2D eigenvalue weighted by Crippen LogP contribution is 2.17. The summed E-state index contributed by atoms with van der Waals surface area (Å²) < 4.78 is 45.7. The summed E-state index contributed by atoms with van der Waals surface area (Å²) in [6.07, 6.45) is -3.38. The molecule has 0 radical (unpaired) electrons. The van der Waals surface area contributed by atoms with Crippen molar-refractivity contribution in [2.45, 2.75) is 25.2 Å². The summed E-state index contributed by atoms with van der Waals surface area (Å²) in [6, 6.07) is 2.90. The predicted octanol–water partition coefficient (Wildman–Crippen LogP) is 1.00. The third kappa shape index (κ3) is 7.23. The molecule has 1 rings (SSSR count). The van der Waals surface area contributed by atoms with E-state index in [1.165, 1.54) is 19.4 Å². The van der Waals surface area contributed by atoms with E-state index in [1.807, 2.05) is 0 Å². The zero-order valence-corrected chi connectivity index (χ0v) is 12.0. The molecule has 0 saturated carbocycles. The molecule has 0 aromatic carbocycles. The molecule has 6 nitrogen and oxygen atoms in total. The van der Waals surface area contributed by atoms with E-state index in [-0.39, 0.29) is 37.4 Å². The minimum absolute atomic E-state index is 0.107. The number of pyridine rings is 1. The van der Waals surface area contributed by atoms with Crippen LogP contribution in [0.5, 0.6) is 5.88 Å². The Morgan fingerprint density at radius 1 is 1.50 bits per heavy atom. The number of alkyl halides is 3. The van der Waals surface area contributed by atoms with Gasteiger partial charge in [0.25, 0.3) is 0 Å². The van der Waals surface area contributed by atoms with Gasteiger partial charge in [0.2, 0.25) is 11.8 Å². The molecule has 0 aliphatic rings. The van der Waals surface area contributed by atoms with Gasteiger partial charge in [-0.15, -0.1) is 0 Å². The number of carbonyl (C=O) groups excluding carboxylic acids is 1. The molecule has 1 unspecified atom stereocenters. The molecule has 1 heterocycles. The van der Waals surface area contributed by atoms with Crippen LogP contribution in [-0.2, 0) is 16.1 Å². The topological polar surface area (TPSA) is 86.5 Å². The Balaban J connectivity index is 2.47. The zero-order valence-electron chi connectivity index (χ0n) is 12.0. The maximum absolute atomic E-state index is 12.1. The second kappa shape index (κ2) is 8.54. The average molecular weight is 321 g/mol. The summed E-state index contributed by atoms with van der Waals surface area (Å²) in [7, 11) is 1.46. The van der Waals surface area contributed by atoms with Crippen LogP contribution in [0.2, 0.25) is 0 Å². The van der Waals surface area contributed by atoms with Gasteiger partial charge >= 0.3 is 6.18 Å². The largest absolute Gasteiger partial charge is 0.468 e. The summed E-state index contributed by atoms with van der Waals surface area (Å²) >= 11 is 0. The van der Waals surface area contributed by atoms with E-state index in [0.29, 0.717) is 5.56 Å². The molecule has 0 saturated heterocycles. The van der Waals surface area contributed by atoms with Crippen molar-refractivity contribution in [1.82, 2.24) is 10.3 Å². The fourth-order valence-electron chi connectivity index (χ4n) is 1.54. The number of halogens is 3. The first-order valence-corrected chi connectivity index (χ1v) is 6.48. The molecule has 124 valence electrons. The minimum atomic E-state index is -4.43. The van der Waals surface area contributed by atoms with Gasteiger partial charge in [0.05, 0.1) is 12.5 Å². The van der Waals surface area contributed by atoms with Crippen molar-refractivity contribution in [3.63, 3.8) is 0 Å². The van der Waals surface area contributed by atoms with Crippen molar-refractivity contribution >= 4 is 5.91 Å². The number of nitrogens with zero attached hydrogens (tertiary/aromatic N) is 1. The van der Waals surface area contributed by atoms with Crippen molar-refractivity contribution in [2.24, 2.45) is 5.73 Å². The van der Waals surface area contributed by atoms with E-state index < -0.39 is 12.8 Å². The molecular formula is C13H18F3N3O3. The lowest BCUT2D eigenvalue weighted by Gasteiger charge is -2.13. The third-order valence-electron chi connectivity index (χ3n) is 2.68. The van der Waals surface area contributed by atoms with Crippen LogP contribution in [-0.4, -0.2) is 43.4 Å². The molecule has 3 N–H and O–H groups in total. The quantitative estimate of drug-likeness (QED) is 0.746. The first-order valence-electron chi connectivity index (χ1n) is 6.48. The van der Waals surface area contributed by atoms with Crippen LogP contribution in [0.3, 0.4) is 0 Å². The second-order valence-corrected chi connectivity index (χ2v) is 4.48. The fraction of sp³-hybridized carbons (Fsp3) is 0.538. The Bertz CT molecular complexity index is 479. The van der Waals surface area contributed by atoms with Crippen LogP contribution in [0.25, 0.3) is 0 Å². The van der Waals surface area contributed by atoms with Crippen molar-refractivity contribution < 1.29 is 27.4 Å². The van der Waals surface area contributed by atoms with Gasteiger partial charge in [-0.05, 0) is 11.6 Å². The van der Waals surface area contributed by atoms with Gasteiger partial charge in [-0.25, -0.2) is 4.98 Å². The van der Waals surface area contributed by atoms with Crippen LogP contribution in [0.1, 0.15) is 12.0 Å². The summed E-state index contributed by atoms with van der Waals surface area (Å²) in [5, 5.41) is 2.62. The van der Waals surface area contributed by atoms with Crippen LogP contribution in [0, 0.1) is 0 Å². The number of hydrogen-bond donors (Lipinski definition) is 2. The normalized spacial score (nSPS) is 12.8. The second-order valence-electron chi connectivity index (χ2n) is 4.48. The molecule has 1 aromatic rings. The standard InChI is InChI=1S/C13H18F3N3O3/c1-21-10(6-17)5-11(20)19-7-9-2-3-18-12(4-9)22-8-13(14,15)16/h2-4,10H,5-8,17H2,1H3,(H,19,20). The zero-order chi connectivity index (χ0) is 16.6. The van der Waals surface area contributed by atoms with E-state index in [9.17, 15) is 18.0 Å². The van der Waals surface area contributed by atoms with Crippen LogP contribution >= 0.6 is 0 Å². The van der Waals surface area contributed by atoms with E-state index in [2.05, 4.69) is 15.0 Å². The van der Waals surface area contributed by atoms with Gasteiger partial charge in [0.15, 0.2) is 6.61 Å². The number of methoxy groups -OCH3 is 1. The van der Waals surface area contributed by atoms with Gasteiger partial charge in [-0.3, -0.25) is 4.79 Å². The number of carbonyl (C=O) groups is 1. The maximum atomic E-state index is 12.1. The number of rotatable bonds is 8. The lowest BCUT2D eigenvalue weighted by molar-refractivity contribution is -0.154. The highest BCUT2D eigenvalue weighted by Gasteiger charge is 2.28. The van der Waals surface area contributed by atoms with Crippen molar-refractivity contribution in [1.29, 1.82) is 0 Å². The lowest BCUT2D eigenvalue weighted by atomic mass is 10.2. The molecule has 9 heteroatoms. The highest BCUT2D eigenvalue weighted by atomic mass is 19.4. The fourth-order valence-corrected chi connectivity index (χ4v) is 1.54. The van der Waals surface area contributed by atoms with Crippen LogP contribution in [0.15, 0.2) is 18.3 Å². The number of nitrogens with two attached hydrogens (primary N) is 1. The molecule has 0 fully saturated rings. The lowest BCUT2D eigenvalue weighted by Crippen LogP contribution is -2.31. The number of ether oxygens (including phenoxy) is 2. The maximum Gasteiger partial charge on any atom is 0.422 e. The molecule has 0 aliphatic heterocycles. The SMILES string of the molecule is COC(CN)CC(=O)NCc1ccnc(OCC(F)(F)F)c1. The molecule has 0 bridgehead atoms. The Hall–Kier alpha value is -1.87. The van der Waals surface area contributed by atoms with E-state index >= 15 is 0 Å². The molecule has 0 aliphatic carbocycles. The highest BCUT2D eigenvalue weighted by molar-refractivity contribution is 5.76. The Kier molecular flexibility index (Phi) is 7.06. The van der Waals surface area contributed by atoms with Gasteiger partial charge in [-0.2, -0.15) is 13.2 Å². The van der Waals surface area contributed by atoms with Crippen molar-refractivity contribution in [2.75, 3.05) is 20.3 Å². The summed E-state index contributed by atoms with van der Waals surface area (Å²) in [5.74, 6) is -0.423. The number of hydrogen-bond acceptors (Lipinski definition) is 5. The average Bonchev–Trinajstić information content (AvgIpc) is 2.48. The number of aromatic nitrogens is 1.